The van der Waals surface area contributed by atoms with E-state index in [4.69, 9.17) is 0 Å². The number of pyridine rings is 1. The van der Waals surface area contributed by atoms with Gasteiger partial charge in [0.1, 0.15) is 0 Å². The molecule has 0 aliphatic rings. The summed E-state index contributed by atoms with van der Waals surface area (Å²) in [7, 11) is 0. The van der Waals surface area contributed by atoms with Gasteiger partial charge in [0.05, 0.1) is 11.1 Å². The van der Waals surface area contributed by atoms with Crippen LogP contribution >= 0.6 is 0 Å². The van der Waals surface area contributed by atoms with Gasteiger partial charge in [-0.2, -0.15) is 0 Å². The normalized spacial score (nSPS) is 10.8. The first-order valence-electron chi connectivity index (χ1n) is 5.25. The Labute approximate surface area is 97.3 Å². The standard InChI is InChI=1S/C14H8NO2/c16-14(17)11-6-3-7-12-13(11)10-5-2-1-4-9(10)8-15-12/h1-8H. The van der Waals surface area contributed by atoms with E-state index in [1.807, 2.05) is 24.3 Å². The van der Waals surface area contributed by atoms with Crippen molar-refractivity contribution in [1.82, 2.24) is 4.98 Å². The highest BCUT2D eigenvalue weighted by Crippen LogP contribution is 2.26. The minimum absolute atomic E-state index is 0.187. The molecule has 81 valence electrons. The predicted molar refractivity (Wildman–Crippen MR) is 64.3 cm³/mol. The molecule has 0 unspecified atom stereocenters. The van der Waals surface area contributed by atoms with Gasteiger partial charge in [-0.25, -0.2) is 9.90 Å². The number of fused-ring (bicyclic) bond motifs is 3. The lowest BCUT2D eigenvalue weighted by Crippen LogP contribution is -1.96. The van der Waals surface area contributed by atoms with Crippen LogP contribution in [0.1, 0.15) is 10.4 Å². The molecule has 1 aromatic heterocycles. The van der Waals surface area contributed by atoms with E-state index in [2.05, 4.69) is 4.98 Å². The van der Waals surface area contributed by atoms with Crippen LogP contribution in [0.25, 0.3) is 21.7 Å². The summed E-state index contributed by atoms with van der Waals surface area (Å²) in [6.07, 6.45) is 1.75. The quantitative estimate of drug-likeness (QED) is 0.594. The smallest absolute Gasteiger partial charge is 0.256 e. The number of carbonyl (C=O) groups excluding carboxylic acids is 1. The molecular weight excluding hydrogens is 214 g/mol. The van der Waals surface area contributed by atoms with Gasteiger partial charge in [0.25, 0.3) is 0 Å². The molecule has 3 nitrogen and oxygen atoms in total. The van der Waals surface area contributed by atoms with Crippen LogP contribution in [0.15, 0.2) is 48.7 Å². The topological polar surface area (TPSA) is 49.9 Å². The van der Waals surface area contributed by atoms with Crippen molar-refractivity contribution >= 4 is 27.6 Å². The van der Waals surface area contributed by atoms with E-state index in [9.17, 15) is 9.90 Å². The first-order valence-corrected chi connectivity index (χ1v) is 5.25. The third-order valence-electron chi connectivity index (χ3n) is 2.84. The summed E-state index contributed by atoms with van der Waals surface area (Å²) in [4.78, 5) is 15.4. The summed E-state index contributed by atoms with van der Waals surface area (Å²) in [6.45, 7) is 0. The van der Waals surface area contributed by atoms with Gasteiger partial charge in [0.15, 0.2) is 0 Å². The summed E-state index contributed by atoms with van der Waals surface area (Å²) in [5.41, 5.74) is 0.859. The average Bonchev–Trinajstić information content (AvgIpc) is 2.37. The Hall–Kier alpha value is -2.42. The van der Waals surface area contributed by atoms with E-state index < -0.39 is 5.97 Å². The Morgan fingerprint density at radius 1 is 1.00 bits per heavy atom. The second-order valence-electron chi connectivity index (χ2n) is 3.83. The molecule has 0 saturated heterocycles. The third kappa shape index (κ3) is 1.44. The molecule has 0 aliphatic carbocycles. The SMILES string of the molecule is [O]C(=O)c1cccc2ncc3ccccc3c12. The first kappa shape index (κ1) is 9.78. The highest BCUT2D eigenvalue weighted by Gasteiger charge is 2.12. The fourth-order valence-electron chi connectivity index (χ4n) is 2.08. The Bertz CT molecular complexity index is 734. The molecule has 0 aliphatic heterocycles. The number of benzene rings is 2. The highest BCUT2D eigenvalue weighted by molar-refractivity contribution is 6.14. The second-order valence-corrected chi connectivity index (χ2v) is 3.83. The fraction of sp³-hybridized carbons (Fsp3) is 0. The maximum Gasteiger partial charge on any atom is 0.387 e. The lowest BCUT2D eigenvalue weighted by molar-refractivity contribution is 0.0575. The molecule has 3 aromatic rings. The summed E-state index contributed by atoms with van der Waals surface area (Å²) in [5, 5.41) is 13.6. The number of aromatic nitrogens is 1. The van der Waals surface area contributed by atoms with E-state index in [1.165, 1.54) is 0 Å². The molecule has 17 heavy (non-hydrogen) atoms. The van der Waals surface area contributed by atoms with E-state index in [1.54, 1.807) is 24.4 Å². The van der Waals surface area contributed by atoms with Gasteiger partial charge in [-0.3, -0.25) is 4.98 Å². The molecule has 0 fully saturated rings. The number of hydrogen-bond acceptors (Lipinski definition) is 2. The summed E-state index contributed by atoms with van der Waals surface area (Å²) in [6, 6.07) is 12.6. The van der Waals surface area contributed by atoms with Gasteiger partial charge in [0.2, 0.25) is 0 Å². The lowest BCUT2D eigenvalue weighted by atomic mass is 10.0. The zero-order chi connectivity index (χ0) is 11.8. The number of carbonyl (C=O) groups is 1. The van der Waals surface area contributed by atoms with Gasteiger partial charge in [-0.05, 0) is 17.5 Å². The van der Waals surface area contributed by atoms with Crippen LogP contribution in [-0.2, 0) is 5.11 Å². The largest absolute Gasteiger partial charge is 0.387 e. The molecule has 0 spiro atoms. The molecule has 1 radical (unpaired) electrons. The van der Waals surface area contributed by atoms with Gasteiger partial charge in [-0.15, -0.1) is 0 Å². The van der Waals surface area contributed by atoms with E-state index >= 15 is 0 Å². The predicted octanol–water partition coefficient (Wildman–Crippen LogP) is 2.96. The summed E-state index contributed by atoms with van der Waals surface area (Å²) in [5.74, 6) is -1.17. The summed E-state index contributed by atoms with van der Waals surface area (Å²) < 4.78 is 0. The van der Waals surface area contributed by atoms with Crippen LogP contribution in [0.2, 0.25) is 0 Å². The van der Waals surface area contributed by atoms with Crippen molar-refractivity contribution in [3.8, 4) is 0 Å². The minimum Gasteiger partial charge on any atom is -0.256 e. The lowest BCUT2D eigenvalue weighted by Gasteiger charge is -2.05. The average molecular weight is 222 g/mol. The van der Waals surface area contributed by atoms with Gasteiger partial charge < -0.3 is 0 Å². The Balaban J connectivity index is 2.59. The molecular formula is C14H8NO2. The zero-order valence-corrected chi connectivity index (χ0v) is 8.88. The minimum atomic E-state index is -1.17. The van der Waals surface area contributed by atoms with Crippen molar-refractivity contribution in [3.63, 3.8) is 0 Å². The first-order chi connectivity index (χ1) is 8.27. The molecule has 3 rings (SSSR count). The second kappa shape index (κ2) is 3.56. The fourth-order valence-corrected chi connectivity index (χ4v) is 2.08. The Morgan fingerprint density at radius 2 is 1.82 bits per heavy atom. The number of rotatable bonds is 1. The van der Waals surface area contributed by atoms with Crippen LogP contribution in [0.5, 0.6) is 0 Å². The third-order valence-corrected chi connectivity index (χ3v) is 2.84. The van der Waals surface area contributed by atoms with E-state index in [-0.39, 0.29) is 5.56 Å². The Kier molecular flexibility index (Phi) is 2.05. The van der Waals surface area contributed by atoms with Crippen molar-refractivity contribution in [2.45, 2.75) is 0 Å². The van der Waals surface area contributed by atoms with Crippen LogP contribution < -0.4 is 0 Å². The molecule has 0 amide bonds. The van der Waals surface area contributed by atoms with Crippen molar-refractivity contribution < 1.29 is 9.90 Å². The molecule has 0 saturated carbocycles. The van der Waals surface area contributed by atoms with Crippen molar-refractivity contribution in [3.05, 3.63) is 54.2 Å². The monoisotopic (exact) mass is 222 g/mol. The molecule has 0 bridgehead atoms. The molecule has 3 heteroatoms. The van der Waals surface area contributed by atoms with Gasteiger partial charge in [0, 0.05) is 17.0 Å². The van der Waals surface area contributed by atoms with Crippen LogP contribution in [-0.4, -0.2) is 11.0 Å². The highest BCUT2D eigenvalue weighted by atomic mass is 16.4. The summed E-state index contributed by atoms with van der Waals surface area (Å²) >= 11 is 0. The van der Waals surface area contributed by atoms with Crippen molar-refractivity contribution in [2.75, 3.05) is 0 Å². The van der Waals surface area contributed by atoms with E-state index in [0.29, 0.717) is 10.9 Å². The number of hydrogen-bond donors (Lipinski definition) is 0. The molecule has 0 N–H and O–H groups in total. The molecule has 2 aromatic carbocycles. The van der Waals surface area contributed by atoms with Crippen LogP contribution in [0.3, 0.4) is 0 Å². The van der Waals surface area contributed by atoms with Crippen molar-refractivity contribution in [1.29, 1.82) is 0 Å². The van der Waals surface area contributed by atoms with Crippen molar-refractivity contribution in [2.24, 2.45) is 0 Å². The van der Waals surface area contributed by atoms with E-state index in [0.717, 1.165) is 10.8 Å². The maximum absolute atomic E-state index is 11.1. The number of nitrogens with zero attached hydrogens (tertiary/aromatic N) is 1. The molecule has 0 atom stereocenters. The van der Waals surface area contributed by atoms with Gasteiger partial charge in [-0.1, -0.05) is 30.3 Å². The Morgan fingerprint density at radius 3 is 2.65 bits per heavy atom. The molecule has 1 heterocycles. The zero-order valence-electron chi connectivity index (χ0n) is 8.88. The maximum atomic E-state index is 11.1. The van der Waals surface area contributed by atoms with Gasteiger partial charge >= 0.3 is 5.97 Å². The van der Waals surface area contributed by atoms with Crippen LogP contribution in [0, 0.1) is 0 Å². The van der Waals surface area contributed by atoms with Crippen LogP contribution in [0.4, 0.5) is 0 Å².